The van der Waals surface area contributed by atoms with Crippen LogP contribution >= 0.6 is 0 Å². The average molecular weight is 248 g/mol. The van der Waals surface area contributed by atoms with Gasteiger partial charge in [-0.2, -0.15) is 0 Å². The summed E-state index contributed by atoms with van der Waals surface area (Å²) in [5, 5.41) is 2.49. The fraction of sp³-hybridized carbons (Fsp3) is 0.231. The number of esters is 1. The molecule has 1 aromatic rings. The molecule has 0 aliphatic heterocycles. The summed E-state index contributed by atoms with van der Waals surface area (Å²) in [7, 11) is 1.27. The highest BCUT2D eigenvalue weighted by molar-refractivity contribution is 5.94. The Balaban J connectivity index is 2.54. The van der Waals surface area contributed by atoms with Crippen molar-refractivity contribution in [1.82, 2.24) is 5.32 Å². The topological polar surface area (TPSA) is 81.4 Å². The Morgan fingerprint density at radius 2 is 1.94 bits per heavy atom. The molecule has 0 bridgehead atoms. The minimum atomic E-state index is -0.668. The maximum absolute atomic E-state index is 11.5. The first-order valence-electron chi connectivity index (χ1n) is 5.45. The van der Waals surface area contributed by atoms with Crippen molar-refractivity contribution in [3.05, 3.63) is 35.9 Å². The van der Waals surface area contributed by atoms with Gasteiger partial charge in [0.25, 0.3) is 0 Å². The van der Waals surface area contributed by atoms with Gasteiger partial charge in [-0.05, 0) is 30.7 Å². The molecule has 1 rings (SSSR count). The highest BCUT2D eigenvalue weighted by Gasteiger charge is 2.13. The molecule has 5 nitrogen and oxygen atoms in total. The van der Waals surface area contributed by atoms with Crippen molar-refractivity contribution < 1.29 is 14.3 Å². The molecule has 1 amide bonds. The largest absolute Gasteiger partial charge is 0.467 e. The predicted octanol–water partition coefficient (Wildman–Crippen LogP) is 0.960. The lowest BCUT2D eigenvalue weighted by molar-refractivity contribution is -0.144. The number of amides is 1. The summed E-state index contributed by atoms with van der Waals surface area (Å²) in [6.07, 6.45) is 2.99. The number of nitrogens with one attached hydrogen (secondary N) is 1. The molecule has 1 atom stereocenters. The number of ether oxygens (including phenoxy) is 1. The molecule has 0 aromatic heterocycles. The number of benzene rings is 1. The molecule has 0 unspecified atom stereocenters. The lowest BCUT2D eigenvalue weighted by Gasteiger charge is -2.09. The minimum Gasteiger partial charge on any atom is -0.467 e. The summed E-state index contributed by atoms with van der Waals surface area (Å²) in [6.45, 7) is 1.56. The Labute approximate surface area is 106 Å². The van der Waals surface area contributed by atoms with Crippen molar-refractivity contribution in [2.24, 2.45) is 0 Å². The average Bonchev–Trinajstić information content (AvgIpc) is 2.37. The van der Waals surface area contributed by atoms with E-state index in [1.54, 1.807) is 37.3 Å². The Bertz CT molecular complexity index is 452. The third-order valence-corrected chi connectivity index (χ3v) is 2.28. The van der Waals surface area contributed by atoms with Crippen molar-refractivity contribution in [3.8, 4) is 0 Å². The predicted molar refractivity (Wildman–Crippen MR) is 69.5 cm³/mol. The molecule has 3 N–H and O–H groups in total. The van der Waals surface area contributed by atoms with E-state index >= 15 is 0 Å². The van der Waals surface area contributed by atoms with E-state index in [2.05, 4.69) is 10.1 Å². The van der Waals surface area contributed by atoms with Gasteiger partial charge in [0.15, 0.2) is 0 Å². The van der Waals surface area contributed by atoms with Gasteiger partial charge in [-0.15, -0.1) is 0 Å². The molecule has 0 aliphatic rings. The van der Waals surface area contributed by atoms with Crippen molar-refractivity contribution >= 4 is 23.6 Å². The number of nitrogen functional groups attached to an aromatic ring is 1. The SMILES string of the molecule is COC(=O)[C@H](C)NC(=O)/C=C/c1ccc(N)cc1. The summed E-state index contributed by atoms with van der Waals surface area (Å²) < 4.78 is 4.50. The number of hydrogen-bond acceptors (Lipinski definition) is 4. The first-order chi connectivity index (χ1) is 8.52. The molecular weight excluding hydrogens is 232 g/mol. The zero-order chi connectivity index (χ0) is 13.5. The van der Waals surface area contributed by atoms with E-state index < -0.39 is 12.0 Å². The van der Waals surface area contributed by atoms with E-state index in [0.29, 0.717) is 5.69 Å². The molecular formula is C13H16N2O3. The smallest absolute Gasteiger partial charge is 0.328 e. The maximum Gasteiger partial charge on any atom is 0.328 e. The number of nitrogens with two attached hydrogens (primary N) is 1. The fourth-order valence-corrected chi connectivity index (χ4v) is 1.28. The number of anilines is 1. The van der Waals surface area contributed by atoms with Gasteiger partial charge in [0.05, 0.1) is 7.11 Å². The summed E-state index contributed by atoms with van der Waals surface area (Å²) in [5.41, 5.74) is 7.06. The van der Waals surface area contributed by atoms with Crippen LogP contribution in [0.1, 0.15) is 12.5 Å². The molecule has 1 aromatic carbocycles. The number of rotatable bonds is 4. The van der Waals surface area contributed by atoms with E-state index in [0.717, 1.165) is 5.56 Å². The Hall–Kier alpha value is -2.30. The zero-order valence-electron chi connectivity index (χ0n) is 10.3. The van der Waals surface area contributed by atoms with E-state index in [-0.39, 0.29) is 5.91 Å². The van der Waals surface area contributed by atoms with Gasteiger partial charge in [0.2, 0.25) is 5.91 Å². The van der Waals surface area contributed by atoms with Gasteiger partial charge in [-0.1, -0.05) is 12.1 Å². The second-order valence-corrected chi connectivity index (χ2v) is 3.75. The van der Waals surface area contributed by atoms with E-state index in [9.17, 15) is 9.59 Å². The molecule has 96 valence electrons. The third kappa shape index (κ3) is 4.29. The number of methoxy groups -OCH3 is 1. The minimum absolute atomic E-state index is 0.357. The molecule has 5 heteroatoms. The Kier molecular flexibility index (Phi) is 4.92. The van der Waals surface area contributed by atoms with Crippen molar-refractivity contribution in [1.29, 1.82) is 0 Å². The molecule has 18 heavy (non-hydrogen) atoms. The van der Waals surface area contributed by atoms with Crippen LogP contribution in [-0.4, -0.2) is 25.0 Å². The van der Waals surface area contributed by atoms with Crippen LogP contribution in [0, 0.1) is 0 Å². The second kappa shape index (κ2) is 6.44. The van der Waals surface area contributed by atoms with Crippen LogP contribution in [0.3, 0.4) is 0 Å². The van der Waals surface area contributed by atoms with Crippen LogP contribution in [0.4, 0.5) is 5.69 Å². The molecule has 0 radical (unpaired) electrons. The van der Waals surface area contributed by atoms with Crippen LogP contribution < -0.4 is 11.1 Å². The standard InChI is InChI=1S/C13H16N2O3/c1-9(13(17)18-2)15-12(16)8-5-10-3-6-11(14)7-4-10/h3-9H,14H2,1-2H3,(H,15,16)/b8-5+/t9-/m0/s1. The quantitative estimate of drug-likeness (QED) is 0.472. The normalized spacial score (nSPS) is 12.1. The Morgan fingerprint density at radius 3 is 2.50 bits per heavy atom. The van der Waals surface area contributed by atoms with E-state index in [1.807, 2.05) is 0 Å². The molecule has 0 saturated heterocycles. The number of hydrogen-bond donors (Lipinski definition) is 2. The van der Waals surface area contributed by atoms with Crippen LogP contribution in [0.5, 0.6) is 0 Å². The first-order valence-corrected chi connectivity index (χ1v) is 5.45. The van der Waals surface area contributed by atoms with Gasteiger partial charge < -0.3 is 15.8 Å². The third-order valence-electron chi connectivity index (χ3n) is 2.28. The van der Waals surface area contributed by atoms with Crippen molar-refractivity contribution in [3.63, 3.8) is 0 Å². The lowest BCUT2D eigenvalue weighted by atomic mass is 10.2. The lowest BCUT2D eigenvalue weighted by Crippen LogP contribution is -2.38. The van der Waals surface area contributed by atoms with Crippen molar-refractivity contribution in [2.75, 3.05) is 12.8 Å². The van der Waals surface area contributed by atoms with E-state index in [1.165, 1.54) is 13.2 Å². The number of carbonyl (C=O) groups excluding carboxylic acids is 2. The molecule has 0 fully saturated rings. The van der Waals surface area contributed by atoms with Crippen LogP contribution in [-0.2, 0) is 14.3 Å². The van der Waals surface area contributed by atoms with Crippen LogP contribution in [0.2, 0.25) is 0 Å². The maximum atomic E-state index is 11.5. The number of carbonyl (C=O) groups is 2. The van der Waals surface area contributed by atoms with Gasteiger partial charge in [0.1, 0.15) is 6.04 Å². The molecule has 0 spiro atoms. The molecule has 0 aliphatic carbocycles. The van der Waals surface area contributed by atoms with Crippen LogP contribution in [0.15, 0.2) is 30.3 Å². The second-order valence-electron chi connectivity index (χ2n) is 3.75. The zero-order valence-corrected chi connectivity index (χ0v) is 10.3. The summed E-state index contributed by atoms with van der Waals surface area (Å²) in [4.78, 5) is 22.6. The van der Waals surface area contributed by atoms with Crippen LogP contribution in [0.25, 0.3) is 6.08 Å². The molecule has 0 saturated carbocycles. The van der Waals surface area contributed by atoms with Gasteiger partial charge in [-0.3, -0.25) is 4.79 Å². The monoisotopic (exact) mass is 248 g/mol. The first kappa shape index (κ1) is 13.8. The van der Waals surface area contributed by atoms with Gasteiger partial charge in [0, 0.05) is 11.8 Å². The van der Waals surface area contributed by atoms with Gasteiger partial charge in [-0.25, -0.2) is 4.79 Å². The summed E-state index contributed by atoms with van der Waals surface area (Å²) >= 11 is 0. The molecule has 0 heterocycles. The van der Waals surface area contributed by atoms with Gasteiger partial charge >= 0.3 is 5.97 Å². The highest BCUT2D eigenvalue weighted by atomic mass is 16.5. The fourth-order valence-electron chi connectivity index (χ4n) is 1.28. The van der Waals surface area contributed by atoms with E-state index in [4.69, 9.17) is 5.73 Å². The summed E-state index contributed by atoms with van der Waals surface area (Å²) in [6, 6.07) is 6.41. The Morgan fingerprint density at radius 1 is 1.33 bits per heavy atom. The van der Waals surface area contributed by atoms with Crippen molar-refractivity contribution in [2.45, 2.75) is 13.0 Å². The summed E-state index contributed by atoms with van der Waals surface area (Å²) in [5.74, 6) is -0.839. The highest BCUT2D eigenvalue weighted by Crippen LogP contribution is 2.06.